The van der Waals surface area contributed by atoms with E-state index in [1.807, 2.05) is 97.9 Å². The van der Waals surface area contributed by atoms with Gasteiger partial charge in [-0.25, -0.2) is 34.7 Å². The van der Waals surface area contributed by atoms with Crippen molar-refractivity contribution in [3.8, 4) is 68.8 Å². The van der Waals surface area contributed by atoms with Gasteiger partial charge in [0.15, 0.2) is 0 Å². The SMILES string of the molecule is Cc1cccc(-c2nc3cc4[nH]c(-c5cc(NC(=O)Nc6cccc(C#CC(C)(C)O)c6)cc(-c6nc7cc8[nH]c(-c9cccc(-c%10nc%11cc%12[nH]c(C)nc%12cc%11[nH]%10)c9)nc8cc7[nH]6)c5)nc4cc3[nH]2)c1. The van der Waals surface area contributed by atoms with E-state index < -0.39 is 11.6 Å². The Kier molecular flexibility index (Phi) is 9.46. The number of benzene rings is 7. The minimum atomic E-state index is -1.16. The highest BCUT2D eigenvalue weighted by Gasteiger charge is 2.18. The molecule has 6 aromatic heterocycles. The summed E-state index contributed by atoms with van der Waals surface area (Å²) in [5.41, 5.74) is 15.9. The van der Waals surface area contributed by atoms with Crippen LogP contribution in [0.15, 0.2) is 127 Å². The number of amides is 2. The molecule has 0 atom stereocenters. The second kappa shape index (κ2) is 16.1. The fraction of sp³-hybridized carbons (Fsp3) is 0.0893. The van der Waals surface area contributed by atoms with Gasteiger partial charge < -0.3 is 45.6 Å². The number of carbonyl (C=O) groups excluding carboxylic acids is 1. The molecule has 2 amide bonds. The van der Waals surface area contributed by atoms with E-state index in [0.29, 0.717) is 45.5 Å². The van der Waals surface area contributed by atoms with E-state index in [9.17, 15) is 9.90 Å². The maximum Gasteiger partial charge on any atom is 0.323 e. The Morgan fingerprint density at radius 3 is 1.35 bits per heavy atom. The molecule has 0 radical (unpaired) electrons. The lowest BCUT2D eigenvalue weighted by molar-refractivity contribution is 0.143. The van der Waals surface area contributed by atoms with Gasteiger partial charge in [0, 0.05) is 44.8 Å². The summed E-state index contributed by atoms with van der Waals surface area (Å²) in [4.78, 5) is 63.9. The number of anilines is 2. The van der Waals surface area contributed by atoms with Crippen LogP contribution in [-0.2, 0) is 0 Å². The lowest BCUT2D eigenvalue weighted by Crippen LogP contribution is -2.19. The van der Waals surface area contributed by atoms with E-state index in [0.717, 1.165) is 106 Å². The van der Waals surface area contributed by atoms with Crippen LogP contribution in [-0.4, -0.2) is 76.5 Å². The highest BCUT2D eigenvalue weighted by atomic mass is 16.3. The van der Waals surface area contributed by atoms with Crippen LogP contribution >= 0.6 is 0 Å². The van der Waals surface area contributed by atoms with Gasteiger partial charge in [-0.15, -0.1) is 0 Å². The van der Waals surface area contributed by atoms with Crippen molar-refractivity contribution in [2.45, 2.75) is 33.3 Å². The second-order valence-corrected chi connectivity index (χ2v) is 18.6. The molecule has 348 valence electrons. The number of urea groups is 1. The number of nitrogens with zero attached hydrogens (tertiary/aromatic N) is 6. The van der Waals surface area contributed by atoms with Crippen molar-refractivity contribution < 1.29 is 9.90 Å². The summed E-state index contributed by atoms with van der Waals surface area (Å²) in [6, 6.07) is 40.7. The molecule has 13 aromatic rings. The Bertz CT molecular complexity index is 4260. The first-order valence-electron chi connectivity index (χ1n) is 23.3. The highest BCUT2D eigenvalue weighted by molar-refractivity contribution is 6.02. The van der Waals surface area contributed by atoms with Gasteiger partial charge in [0.25, 0.3) is 0 Å². The monoisotopic (exact) mass is 942 g/mol. The fourth-order valence-electron chi connectivity index (χ4n) is 9.13. The molecule has 7 aromatic carbocycles. The minimum Gasteiger partial charge on any atom is -0.378 e. The fourth-order valence-corrected chi connectivity index (χ4v) is 9.13. The topological polar surface area (TPSA) is 233 Å². The molecule has 16 nitrogen and oxygen atoms in total. The van der Waals surface area contributed by atoms with Gasteiger partial charge in [-0.1, -0.05) is 59.9 Å². The Morgan fingerprint density at radius 2 is 0.861 bits per heavy atom. The van der Waals surface area contributed by atoms with Crippen LogP contribution in [0.5, 0.6) is 0 Å². The quantitative estimate of drug-likeness (QED) is 0.0696. The molecule has 0 spiro atoms. The van der Waals surface area contributed by atoms with E-state index in [1.54, 1.807) is 32.0 Å². The Balaban J connectivity index is 0.828. The van der Waals surface area contributed by atoms with Gasteiger partial charge in [-0.2, -0.15) is 0 Å². The molecule has 13 rings (SSSR count). The van der Waals surface area contributed by atoms with Crippen molar-refractivity contribution in [1.82, 2.24) is 59.8 Å². The number of nitrogens with one attached hydrogen (secondary N) is 8. The molecule has 0 aliphatic heterocycles. The van der Waals surface area contributed by atoms with E-state index in [-0.39, 0.29) is 0 Å². The zero-order chi connectivity index (χ0) is 48.8. The summed E-state index contributed by atoms with van der Waals surface area (Å²) >= 11 is 0. The Labute approximate surface area is 408 Å². The van der Waals surface area contributed by atoms with Gasteiger partial charge in [0.2, 0.25) is 0 Å². The third-order valence-corrected chi connectivity index (χ3v) is 12.4. The van der Waals surface area contributed by atoms with Crippen molar-refractivity contribution in [1.29, 1.82) is 0 Å². The Hall–Kier alpha value is -9.85. The van der Waals surface area contributed by atoms with Gasteiger partial charge >= 0.3 is 6.03 Å². The molecule has 16 heteroatoms. The maximum atomic E-state index is 13.7. The summed E-state index contributed by atoms with van der Waals surface area (Å²) in [5, 5.41) is 16.1. The first-order chi connectivity index (χ1) is 34.8. The number of hydrogen-bond donors (Lipinski definition) is 9. The van der Waals surface area contributed by atoms with Crippen LogP contribution in [0.4, 0.5) is 16.2 Å². The number of aromatic amines is 6. The normalized spacial score (nSPS) is 11.9. The van der Waals surface area contributed by atoms with Crippen LogP contribution in [0.3, 0.4) is 0 Å². The lowest BCUT2D eigenvalue weighted by atomic mass is 10.1. The molecule has 9 N–H and O–H groups in total. The molecular formula is C56H42N14O2. The molecule has 0 saturated heterocycles. The minimum absolute atomic E-state index is 0.463. The summed E-state index contributed by atoms with van der Waals surface area (Å²) in [5.74, 6) is 10.1. The van der Waals surface area contributed by atoms with Crippen molar-refractivity contribution in [2.24, 2.45) is 0 Å². The Morgan fingerprint density at radius 1 is 0.458 bits per heavy atom. The third-order valence-electron chi connectivity index (χ3n) is 12.4. The average Bonchev–Trinajstić information content (AvgIpc) is 4.23. The van der Waals surface area contributed by atoms with Crippen LogP contribution in [0.1, 0.15) is 30.8 Å². The van der Waals surface area contributed by atoms with Crippen molar-refractivity contribution in [3.05, 3.63) is 144 Å². The first-order valence-corrected chi connectivity index (χ1v) is 23.3. The largest absolute Gasteiger partial charge is 0.378 e. The number of aryl methyl sites for hydroxylation is 2. The van der Waals surface area contributed by atoms with E-state index >= 15 is 0 Å². The number of fused-ring (bicyclic) bond motifs is 6. The number of carbonyl (C=O) groups is 1. The molecule has 0 saturated carbocycles. The predicted molar refractivity (Wildman–Crippen MR) is 283 cm³/mol. The van der Waals surface area contributed by atoms with Gasteiger partial charge in [0.05, 0.1) is 66.2 Å². The number of imidazole rings is 6. The van der Waals surface area contributed by atoms with Gasteiger partial charge in [-0.3, -0.25) is 0 Å². The van der Waals surface area contributed by atoms with E-state index in [4.69, 9.17) is 24.9 Å². The number of rotatable bonds is 7. The standard InChI is InChI=1S/C56H42N14O2/c1-28-8-5-10-31(16-28)50-61-42-24-46-47(25-43(42)62-50)68-53(67-46)34-19-35(21-37(20-34)60-55(71)59-36-13-6-9-30(17-36)14-15-56(3,4)72)54-69-48-26-44-45(27-49(48)70-54)66-52(65-44)33-12-7-11-32(18-33)51-63-40-22-38-39(23-41(40)64-51)58-29(2)57-38/h5-13,16-27,72H,1-4H3,(H,57,58)(H,61,62)(H,63,64)(H,65,66)(H,67,68)(H,69,70)(H2,59,60,71). The molecular weight excluding hydrogens is 901 g/mol. The van der Waals surface area contributed by atoms with Crippen molar-refractivity contribution in [2.75, 3.05) is 10.6 Å². The van der Waals surface area contributed by atoms with Gasteiger partial charge in [-0.05, 0) is 113 Å². The third kappa shape index (κ3) is 8.00. The number of hydrogen-bond acceptors (Lipinski definition) is 8. The summed E-state index contributed by atoms with van der Waals surface area (Å²) < 4.78 is 0. The first kappa shape index (κ1) is 42.3. The molecule has 0 bridgehead atoms. The zero-order valence-corrected chi connectivity index (χ0v) is 39.2. The molecule has 0 unspecified atom stereocenters. The van der Waals surface area contributed by atoms with Crippen molar-refractivity contribution >= 4 is 83.6 Å². The highest BCUT2D eigenvalue weighted by Crippen LogP contribution is 2.34. The number of aliphatic hydroxyl groups is 1. The molecule has 0 aliphatic rings. The summed E-state index contributed by atoms with van der Waals surface area (Å²) in [7, 11) is 0. The zero-order valence-electron chi connectivity index (χ0n) is 39.2. The van der Waals surface area contributed by atoms with E-state index in [1.165, 1.54) is 0 Å². The lowest BCUT2D eigenvalue weighted by Gasteiger charge is -2.11. The maximum absolute atomic E-state index is 13.7. The summed E-state index contributed by atoms with van der Waals surface area (Å²) in [6.45, 7) is 7.24. The predicted octanol–water partition coefficient (Wildman–Crippen LogP) is 11.7. The molecule has 6 heterocycles. The second-order valence-electron chi connectivity index (χ2n) is 18.6. The average molecular weight is 943 g/mol. The van der Waals surface area contributed by atoms with Crippen LogP contribution in [0.25, 0.3) is 123 Å². The number of H-pyrrole nitrogens is 6. The van der Waals surface area contributed by atoms with Crippen LogP contribution < -0.4 is 10.6 Å². The van der Waals surface area contributed by atoms with Crippen LogP contribution in [0.2, 0.25) is 0 Å². The number of aromatic nitrogens is 12. The van der Waals surface area contributed by atoms with E-state index in [2.05, 4.69) is 82.5 Å². The molecule has 72 heavy (non-hydrogen) atoms. The van der Waals surface area contributed by atoms with Gasteiger partial charge in [0.1, 0.15) is 40.5 Å². The van der Waals surface area contributed by atoms with Crippen molar-refractivity contribution in [3.63, 3.8) is 0 Å². The smallest absolute Gasteiger partial charge is 0.323 e. The van der Waals surface area contributed by atoms with Crippen LogP contribution in [0, 0.1) is 25.7 Å². The molecule has 0 fully saturated rings. The summed E-state index contributed by atoms with van der Waals surface area (Å²) in [6.07, 6.45) is 0. The molecule has 0 aliphatic carbocycles.